The molecule has 160 valence electrons. The fourth-order valence-corrected chi connectivity index (χ4v) is 5.65. The molecule has 0 bridgehead atoms. The van der Waals surface area contributed by atoms with Crippen LogP contribution >= 0.6 is 0 Å². The molecule has 2 aromatic heterocycles. The molecule has 32 heavy (non-hydrogen) atoms. The van der Waals surface area contributed by atoms with E-state index in [-0.39, 0.29) is 11.5 Å². The molecule has 1 fully saturated rings. The minimum atomic E-state index is -0.0945. The summed E-state index contributed by atoms with van der Waals surface area (Å²) in [4.78, 5) is 14.0. The van der Waals surface area contributed by atoms with Crippen molar-refractivity contribution in [2.75, 3.05) is 0 Å². The Kier molecular flexibility index (Phi) is 4.22. The average molecular weight is 423 g/mol. The summed E-state index contributed by atoms with van der Waals surface area (Å²) in [7, 11) is 0. The first-order valence-corrected chi connectivity index (χ1v) is 11.3. The Bertz CT molecular complexity index is 1310. The van der Waals surface area contributed by atoms with Gasteiger partial charge in [0.1, 0.15) is 12.0 Å². The summed E-state index contributed by atoms with van der Waals surface area (Å²) in [6.07, 6.45) is 7.50. The standard InChI is InChI=1S/C27H26N4O/c1-17-12-27(3,13-17)20-9-10-22-21(11-20)24(19-7-5-4-6-8-19)30-18(2)26-25(29-15-31(22)26)23-14-28-16-32-23/h4-11,14-18H,12-13H2,1-3H3/t17?,18-,27?/m1/s1. The Labute approximate surface area is 187 Å². The Morgan fingerprint density at radius 2 is 1.88 bits per heavy atom. The second-order valence-electron chi connectivity index (χ2n) is 9.54. The summed E-state index contributed by atoms with van der Waals surface area (Å²) in [5.41, 5.74) is 7.85. The van der Waals surface area contributed by atoms with Crippen molar-refractivity contribution in [1.29, 1.82) is 0 Å². The van der Waals surface area contributed by atoms with E-state index in [1.54, 1.807) is 6.20 Å². The molecule has 0 N–H and O–H groups in total. The minimum absolute atomic E-state index is 0.0945. The summed E-state index contributed by atoms with van der Waals surface area (Å²) in [6.45, 7) is 6.85. The maximum Gasteiger partial charge on any atom is 0.181 e. The molecule has 0 amide bonds. The van der Waals surface area contributed by atoms with Crippen molar-refractivity contribution in [3.8, 4) is 17.1 Å². The highest BCUT2D eigenvalue weighted by molar-refractivity contribution is 6.15. The second kappa shape index (κ2) is 7.02. The third-order valence-corrected chi connectivity index (χ3v) is 7.04. The fraction of sp³-hybridized carbons (Fsp3) is 0.296. The van der Waals surface area contributed by atoms with Crippen molar-refractivity contribution >= 4 is 5.71 Å². The van der Waals surface area contributed by atoms with Gasteiger partial charge in [-0.15, -0.1) is 0 Å². The molecule has 1 aliphatic carbocycles. The van der Waals surface area contributed by atoms with E-state index in [2.05, 4.69) is 72.8 Å². The molecule has 5 heteroatoms. The van der Waals surface area contributed by atoms with Crippen LogP contribution in [0.5, 0.6) is 0 Å². The maximum absolute atomic E-state index is 5.59. The molecule has 6 rings (SSSR count). The molecule has 4 aromatic rings. The van der Waals surface area contributed by atoms with Gasteiger partial charge in [-0.25, -0.2) is 9.97 Å². The highest BCUT2D eigenvalue weighted by Gasteiger charge is 2.39. The molecule has 5 nitrogen and oxygen atoms in total. The summed E-state index contributed by atoms with van der Waals surface area (Å²) >= 11 is 0. The number of aliphatic imine (C=N–C) groups is 1. The monoisotopic (exact) mass is 422 g/mol. The number of aromatic nitrogens is 3. The Hall–Kier alpha value is -3.47. The number of imidazole rings is 1. The van der Waals surface area contributed by atoms with Crippen molar-refractivity contribution in [2.45, 2.75) is 45.1 Å². The van der Waals surface area contributed by atoms with E-state index in [9.17, 15) is 0 Å². The zero-order valence-corrected chi connectivity index (χ0v) is 18.6. The molecule has 1 atom stereocenters. The molecule has 0 unspecified atom stereocenters. The number of fused-ring (bicyclic) bond motifs is 3. The smallest absolute Gasteiger partial charge is 0.181 e. The lowest BCUT2D eigenvalue weighted by molar-refractivity contribution is 0.178. The zero-order valence-electron chi connectivity index (χ0n) is 18.6. The van der Waals surface area contributed by atoms with Gasteiger partial charge in [-0.2, -0.15) is 0 Å². The van der Waals surface area contributed by atoms with Gasteiger partial charge in [-0.3, -0.25) is 9.56 Å². The van der Waals surface area contributed by atoms with Gasteiger partial charge < -0.3 is 4.42 Å². The van der Waals surface area contributed by atoms with E-state index in [0.717, 1.165) is 39.8 Å². The van der Waals surface area contributed by atoms with Gasteiger partial charge in [0.2, 0.25) is 0 Å². The average Bonchev–Trinajstić information content (AvgIpc) is 3.44. The van der Waals surface area contributed by atoms with Gasteiger partial charge in [0.25, 0.3) is 0 Å². The summed E-state index contributed by atoms with van der Waals surface area (Å²) in [6, 6.07) is 17.3. The lowest BCUT2D eigenvalue weighted by Crippen LogP contribution is -2.37. The van der Waals surface area contributed by atoms with Crippen LogP contribution in [0.2, 0.25) is 0 Å². The molecule has 1 aliphatic heterocycles. The van der Waals surface area contributed by atoms with Crippen LogP contribution in [-0.4, -0.2) is 20.2 Å². The minimum Gasteiger partial charge on any atom is -0.442 e. The van der Waals surface area contributed by atoms with Crippen LogP contribution in [0, 0.1) is 5.92 Å². The highest BCUT2D eigenvalue weighted by Crippen LogP contribution is 2.48. The van der Waals surface area contributed by atoms with E-state index < -0.39 is 0 Å². The van der Waals surface area contributed by atoms with Gasteiger partial charge in [0.05, 0.1) is 29.3 Å². The topological polar surface area (TPSA) is 56.2 Å². The summed E-state index contributed by atoms with van der Waals surface area (Å²) in [5, 5.41) is 0. The van der Waals surface area contributed by atoms with Gasteiger partial charge in [0.15, 0.2) is 12.2 Å². The van der Waals surface area contributed by atoms with Crippen LogP contribution in [0.1, 0.15) is 62.0 Å². The number of oxazole rings is 1. The number of nitrogens with zero attached hydrogens (tertiary/aromatic N) is 4. The van der Waals surface area contributed by atoms with E-state index in [1.807, 2.05) is 12.4 Å². The van der Waals surface area contributed by atoms with Crippen molar-refractivity contribution in [3.05, 3.63) is 89.8 Å². The van der Waals surface area contributed by atoms with Crippen LogP contribution in [0.15, 0.2) is 76.9 Å². The van der Waals surface area contributed by atoms with E-state index in [4.69, 9.17) is 14.4 Å². The quantitative estimate of drug-likeness (QED) is 0.399. The Balaban J connectivity index is 1.59. The van der Waals surface area contributed by atoms with Gasteiger partial charge in [0, 0.05) is 11.1 Å². The molecule has 0 saturated heterocycles. The number of hydrogen-bond donors (Lipinski definition) is 0. The van der Waals surface area contributed by atoms with Gasteiger partial charge >= 0.3 is 0 Å². The number of rotatable bonds is 3. The van der Waals surface area contributed by atoms with Crippen LogP contribution < -0.4 is 0 Å². The first-order chi connectivity index (χ1) is 15.5. The number of hydrogen-bond acceptors (Lipinski definition) is 4. The van der Waals surface area contributed by atoms with Crippen LogP contribution in [0.25, 0.3) is 17.1 Å². The molecular formula is C27H26N4O. The zero-order chi connectivity index (χ0) is 21.9. The van der Waals surface area contributed by atoms with E-state index in [1.165, 1.54) is 24.8 Å². The van der Waals surface area contributed by atoms with Crippen LogP contribution in [0.3, 0.4) is 0 Å². The van der Waals surface area contributed by atoms with Crippen LogP contribution in [0.4, 0.5) is 0 Å². The maximum atomic E-state index is 5.59. The van der Waals surface area contributed by atoms with Gasteiger partial charge in [-0.05, 0) is 48.8 Å². The lowest BCUT2D eigenvalue weighted by atomic mass is 9.60. The van der Waals surface area contributed by atoms with Crippen molar-refractivity contribution in [2.24, 2.45) is 10.9 Å². The normalized spacial score (nSPS) is 24.2. The summed E-state index contributed by atoms with van der Waals surface area (Å²) < 4.78 is 7.77. The largest absolute Gasteiger partial charge is 0.442 e. The third kappa shape index (κ3) is 2.88. The fourth-order valence-electron chi connectivity index (χ4n) is 5.65. The first kappa shape index (κ1) is 19.2. The molecule has 2 aliphatic rings. The number of benzene rings is 2. The molecule has 0 spiro atoms. The SMILES string of the molecule is CC1CC(C)(c2ccc3c(c2)C(c2ccccc2)=N[C@H](C)c2c(-c4cnco4)ncn2-3)C1. The molecule has 1 saturated carbocycles. The second-order valence-corrected chi connectivity index (χ2v) is 9.54. The Morgan fingerprint density at radius 1 is 1.06 bits per heavy atom. The predicted octanol–water partition coefficient (Wildman–Crippen LogP) is 6.13. The highest BCUT2D eigenvalue weighted by atomic mass is 16.3. The Morgan fingerprint density at radius 3 is 2.59 bits per heavy atom. The lowest BCUT2D eigenvalue weighted by Gasteiger charge is -2.44. The predicted molar refractivity (Wildman–Crippen MR) is 125 cm³/mol. The third-order valence-electron chi connectivity index (χ3n) is 7.04. The molecule has 2 aromatic carbocycles. The van der Waals surface area contributed by atoms with Crippen LogP contribution in [-0.2, 0) is 5.41 Å². The summed E-state index contributed by atoms with van der Waals surface area (Å²) in [5.74, 6) is 1.45. The van der Waals surface area contributed by atoms with E-state index in [0.29, 0.717) is 5.76 Å². The van der Waals surface area contributed by atoms with Crippen molar-refractivity contribution < 1.29 is 4.42 Å². The van der Waals surface area contributed by atoms with Crippen molar-refractivity contribution in [1.82, 2.24) is 14.5 Å². The van der Waals surface area contributed by atoms with Gasteiger partial charge in [-0.1, -0.05) is 50.2 Å². The van der Waals surface area contributed by atoms with E-state index >= 15 is 0 Å². The first-order valence-electron chi connectivity index (χ1n) is 11.3. The molecule has 0 radical (unpaired) electrons. The molecular weight excluding hydrogens is 396 g/mol. The molecule has 3 heterocycles. The van der Waals surface area contributed by atoms with Crippen molar-refractivity contribution in [3.63, 3.8) is 0 Å².